The van der Waals surface area contributed by atoms with Crippen LogP contribution in [-0.4, -0.2) is 17.7 Å². The molecule has 0 saturated heterocycles. The largest absolute Gasteiger partial charge is 0.411 e. The molecule has 0 saturated carbocycles. The fraction of sp³-hybridized carbons (Fsp3) is 0.500. The van der Waals surface area contributed by atoms with Gasteiger partial charge in [0, 0.05) is 6.42 Å². The smallest absolute Gasteiger partial charge is 0.246 e. The summed E-state index contributed by atoms with van der Waals surface area (Å²) >= 11 is 0. The SMILES string of the molecule is FCP(C(F)(F)F)C1(F)C=CC=CC1. The van der Waals surface area contributed by atoms with Gasteiger partial charge in [-0.3, -0.25) is 0 Å². The van der Waals surface area contributed by atoms with E-state index in [1.807, 2.05) is 0 Å². The van der Waals surface area contributed by atoms with Crippen molar-refractivity contribution in [2.24, 2.45) is 0 Å². The molecule has 80 valence electrons. The average Bonchev–Trinajstić information content (AvgIpc) is 2.03. The molecule has 2 atom stereocenters. The number of hydrogen-bond acceptors (Lipinski definition) is 0. The van der Waals surface area contributed by atoms with Gasteiger partial charge in [0.15, 0.2) is 5.41 Å². The van der Waals surface area contributed by atoms with Crippen molar-refractivity contribution in [2.75, 3.05) is 6.42 Å². The van der Waals surface area contributed by atoms with Gasteiger partial charge < -0.3 is 0 Å². The van der Waals surface area contributed by atoms with Crippen LogP contribution in [0.4, 0.5) is 22.0 Å². The summed E-state index contributed by atoms with van der Waals surface area (Å²) in [5, 5.41) is -2.57. The summed E-state index contributed by atoms with van der Waals surface area (Å²) in [7, 11) is -3.27. The van der Waals surface area contributed by atoms with Crippen molar-refractivity contribution in [3.05, 3.63) is 24.3 Å². The zero-order chi connectivity index (χ0) is 10.8. The van der Waals surface area contributed by atoms with E-state index in [0.29, 0.717) is 0 Å². The van der Waals surface area contributed by atoms with Crippen molar-refractivity contribution in [2.45, 2.75) is 17.7 Å². The Kier molecular flexibility index (Phi) is 3.30. The van der Waals surface area contributed by atoms with Crippen LogP contribution in [-0.2, 0) is 0 Å². The zero-order valence-electron chi connectivity index (χ0n) is 7.06. The highest BCUT2D eigenvalue weighted by molar-refractivity contribution is 7.60. The van der Waals surface area contributed by atoms with E-state index in [4.69, 9.17) is 0 Å². The second kappa shape index (κ2) is 3.97. The molecule has 0 fully saturated rings. The van der Waals surface area contributed by atoms with Crippen molar-refractivity contribution in [1.29, 1.82) is 0 Å². The summed E-state index contributed by atoms with van der Waals surface area (Å²) in [6, 6.07) is 0. The Balaban J connectivity index is 2.89. The van der Waals surface area contributed by atoms with Crippen LogP contribution in [0.5, 0.6) is 0 Å². The van der Waals surface area contributed by atoms with E-state index in [1.165, 1.54) is 18.2 Å². The first-order valence-corrected chi connectivity index (χ1v) is 5.36. The topological polar surface area (TPSA) is 0 Å². The maximum absolute atomic E-state index is 13.7. The Labute approximate surface area is 79.2 Å². The Morgan fingerprint density at radius 1 is 1.29 bits per heavy atom. The quantitative estimate of drug-likeness (QED) is 0.495. The molecule has 0 amide bonds. The van der Waals surface area contributed by atoms with E-state index in [9.17, 15) is 22.0 Å². The van der Waals surface area contributed by atoms with Gasteiger partial charge in [0.1, 0.15) is 6.42 Å². The van der Waals surface area contributed by atoms with Crippen molar-refractivity contribution < 1.29 is 22.0 Å². The summed E-state index contributed by atoms with van der Waals surface area (Å²) in [5.74, 6) is -4.78. The average molecular weight is 230 g/mol. The molecule has 0 aromatic carbocycles. The first kappa shape index (κ1) is 11.6. The molecule has 6 heteroatoms. The predicted molar refractivity (Wildman–Crippen MR) is 45.7 cm³/mol. The molecule has 0 aromatic rings. The number of hydrogen-bond donors (Lipinski definition) is 0. The number of rotatable bonds is 2. The normalized spacial score (nSPS) is 29.2. The highest BCUT2D eigenvalue weighted by Gasteiger charge is 2.52. The third-order valence-electron chi connectivity index (χ3n) is 1.88. The Hall–Kier alpha value is -0.440. The van der Waals surface area contributed by atoms with Gasteiger partial charge in [-0.25, -0.2) is 8.78 Å². The lowest BCUT2D eigenvalue weighted by molar-refractivity contribution is -0.0447. The van der Waals surface area contributed by atoms with Gasteiger partial charge in [-0.05, 0) is 6.08 Å². The molecule has 0 aromatic heterocycles. The van der Waals surface area contributed by atoms with E-state index >= 15 is 0 Å². The predicted octanol–water partition coefficient (Wildman–Crippen LogP) is 4.10. The van der Waals surface area contributed by atoms with Crippen LogP contribution in [0.25, 0.3) is 0 Å². The van der Waals surface area contributed by atoms with E-state index in [-0.39, 0.29) is 0 Å². The minimum Gasteiger partial charge on any atom is -0.246 e. The minimum absolute atomic E-state index is 0.404. The summed E-state index contributed by atoms with van der Waals surface area (Å²) in [5.41, 5.74) is 0. The molecule has 1 aliphatic carbocycles. The molecule has 0 radical (unpaired) electrons. The molecule has 2 unspecified atom stereocenters. The molecular formula is C8H8F5P. The van der Waals surface area contributed by atoms with E-state index in [1.54, 1.807) is 0 Å². The highest BCUT2D eigenvalue weighted by Crippen LogP contribution is 2.65. The van der Waals surface area contributed by atoms with Crippen molar-refractivity contribution in [3.63, 3.8) is 0 Å². The number of alkyl halides is 5. The van der Waals surface area contributed by atoms with E-state index < -0.39 is 32.1 Å². The molecule has 0 N–H and O–H groups in total. The van der Waals surface area contributed by atoms with Gasteiger partial charge in [-0.1, -0.05) is 18.2 Å². The Morgan fingerprint density at radius 2 is 1.93 bits per heavy atom. The molecule has 0 bridgehead atoms. The van der Waals surface area contributed by atoms with Gasteiger partial charge in [0.25, 0.3) is 0 Å². The van der Waals surface area contributed by atoms with Crippen LogP contribution >= 0.6 is 7.92 Å². The lowest BCUT2D eigenvalue weighted by atomic mass is 10.1. The first-order valence-electron chi connectivity index (χ1n) is 3.84. The molecule has 14 heavy (non-hydrogen) atoms. The van der Waals surface area contributed by atoms with Crippen LogP contribution in [0.3, 0.4) is 0 Å². The molecule has 0 heterocycles. The lowest BCUT2D eigenvalue weighted by Crippen LogP contribution is -2.26. The van der Waals surface area contributed by atoms with Gasteiger partial charge in [0.2, 0.25) is 0 Å². The summed E-state index contributed by atoms with van der Waals surface area (Å²) in [6.45, 7) is 0. The van der Waals surface area contributed by atoms with Crippen molar-refractivity contribution in [1.82, 2.24) is 0 Å². The molecule has 0 spiro atoms. The van der Waals surface area contributed by atoms with Crippen LogP contribution in [0, 0.1) is 0 Å². The Bertz CT molecular complexity index is 257. The maximum Gasteiger partial charge on any atom is 0.411 e. The molecule has 1 rings (SSSR count). The summed E-state index contributed by atoms with van der Waals surface area (Å²) < 4.78 is 62.6. The first-order chi connectivity index (χ1) is 6.40. The lowest BCUT2D eigenvalue weighted by Gasteiger charge is -2.31. The zero-order valence-corrected chi connectivity index (χ0v) is 7.96. The number of allylic oxidation sites excluding steroid dienone is 4. The molecular weight excluding hydrogens is 222 g/mol. The molecule has 0 aliphatic heterocycles. The van der Waals surface area contributed by atoms with Gasteiger partial charge in [-0.2, -0.15) is 13.2 Å². The van der Waals surface area contributed by atoms with E-state index in [0.717, 1.165) is 6.08 Å². The standard InChI is InChI=1S/C8H8F5P/c9-6-14(8(11,12)13)7(10)4-2-1-3-5-7/h1-4H,5-6H2. The molecule has 1 aliphatic rings. The summed E-state index contributed by atoms with van der Waals surface area (Å²) in [6.07, 6.45) is 2.62. The van der Waals surface area contributed by atoms with Crippen LogP contribution in [0.2, 0.25) is 0 Å². The monoisotopic (exact) mass is 230 g/mol. The van der Waals surface area contributed by atoms with Crippen molar-refractivity contribution >= 4 is 7.92 Å². The third-order valence-corrected chi connectivity index (χ3v) is 3.96. The molecule has 0 nitrogen and oxygen atoms in total. The van der Waals surface area contributed by atoms with Crippen LogP contribution in [0.1, 0.15) is 6.42 Å². The van der Waals surface area contributed by atoms with Gasteiger partial charge in [0.05, 0.1) is 7.92 Å². The number of halogens is 5. The van der Waals surface area contributed by atoms with Gasteiger partial charge in [-0.15, -0.1) is 0 Å². The fourth-order valence-electron chi connectivity index (χ4n) is 1.16. The maximum atomic E-state index is 13.7. The van der Waals surface area contributed by atoms with Crippen LogP contribution in [0.15, 0.2) is 24.3 Å². The third kappa shape index (κ3) is 2.32. The van der Waals surface area contributed by atoms with Crippen molar-refractivity contribution in [3.8, 4) is 0 Å². The second-order valence-electron chi connectivity index (χ2n) is 2.83. The fourth-order valence-corrected chi connectivity index (χ4v) is 2.51. The summed E-state index contributed by atoms with van der Waals surface area (Å²) in [4.78, 5) is 0. The second-order valence-corrected chi connectivity index (χ2v) is 5.17. The highest BCUT2D eigenvalue weighted by atomic mass is 31.1. The minimum atomic E-state index is -4.78. The Morgan fingerprint density at radius 3 is 2.29 bits per heavy atom. The van der Waals surface area contributed by atoms with E-state index in [2.05, 4.69) is 0 Å². The van der Waals surface area contributed by atoms with Gasteiger partial charge >= 0.3 is 5.92 Å². The van der Waals surface area contributed by atoms with Crippen LogP contribution < -0.4 is 0 Å².